The van der Waals surface area contributed by atoms with Crippen molar-refractivity contribution in [1.29, 1.82) is 0 Å². The first-order valence-corrected chi connectivity index (χ1v) is 11.6. The van der Waals surface area contributed by atoms with E-state index in [1.54, 1.807) is 36.1 Å². The van der Waals surface area contributed by atoms with Crippen LogP contribution in [0.1, 0.15) is 30.1 Å². The predicted octanol–water partition coefficient (Wildman–Crippen LogP) is 2.71. The van der Waals surface area contributed by atoms with Gasteiger partial charge in [0, 0.05) is 18.7 Å². The van der Waals surface area contributed by atoms with E-state index in [1.165, 1.54) is 31.4 Å². The molecule has 0 spiro atoms. The summed E-state index contributed by atoms with van der Waals surface area (Å²) in [5.41, 5.74) is 0.518. The molecule has 0 N–H and O–H groups in total. The standard InChI is InChI=1S/C24H25NO6S/c1-3-4-18-31-20-10-12-21(13-11-20)32(28,29)24(23(27)30-2)14-16-25(17-15-24)22(26)19-8-6-5-7-9-19/h5-13H,14-18H2,1-2H3. The number of carbonyl (C=O) groups is 2. The zero-order valence-corrected chi connectivity index (χ0v) is 18.9. The third-order valence-electron chi connectivity index (χ3n) is 5.57. The topological polar surface area (TPSA) is 90.0 Å². The van der Waals surface area contributed by atoms with Gasteiger partial charge in [-0.2, -0.15) is 0 Å². The minimum absolute atomic E-state index is 0.000313. The maximum absolute atomic E-state index is 13.6. The van der Waals surface area contributed by atoms with Crippen LogP contribution >= 0.6 is 0 Å². The number of carbonyl (C=O) groups excluding carboxylic acids is 2. The Hall–Kier alpha value is -3.31. The normalized spacial score (nSPS) is 15.2. The van der Waals surface area contributed by atoms with Gasteiger partial charge in [0.2, 0.25) is 0 Å². The maximum atomic E-state index is 13.6. The van der Waals surface area contributed by atoms with Crippen LogP contribution in [-0.2, 0) is 19.4 Å². The van der Waals surface area contributed by atoms with Gasteiger partial charge in [-0.25, -0.2) is 8.42 Å². The maximum Gasteiger partial charge on any atom is 0.327 e. The molecule has 7 nitrogen and oxygen atoms in total. The molecule has 8 heteroatoms. The van der Waals surface area contributed by atoms with Crippen molar-refractivity contribution in [3.05, 3.63) is 60.2 Å². The van der Waals surface area contributed by atoms with Crippen LogP contribution in [-0.4, -0.2) is 56.7 Å². The molecule has 1 aliphatic heterocycles. The van der Waals surface area contributed by atoms with E-state index in [1.807, 2.05) is 6.07 Å². The largest absolute Gasteiger partial charge is 0.481 e. The zero-order valence-electron chi connectivity index (χ0n) is 18.0. The number of likely N-dealkylation sites (tertiary alicyclic amines) is 1. The molecule has 168 valence electrons. The number of amides is 1. The summed E-state index contributed by atoms with van der Waals surface area (Å²) in [5, 5.41) is 0. The molecule has 1 heterocycles. The van der Waals surface area contributed by atoms with Crippen molar-refractivity contribution in [2.45, 2.75) is 29.4 Å². The molecule has 32 heavy (non-hydrogen) atoms. The molecule has 1 fully saturated rings. The summed E-state index contributed by atoms with van der Waals surface area (Å²) in [6, 6.07) is 14.6. The molecule has 0 aromatic heterocycles. The van der Waals surface area contributed by atoms with E-state index in [2.05, 4.69) is 11.8 Å². The van der Waals surface area contributed by atoms with Gasteiger partial charge in [-0.05, 0) is 56.2 Å². The van der Waals surface area contributed by atoms with Gasteiger partial charge in [0.1, 0.15) is 12.4 Å². The SMILES string of the molecule is CC#CCOc1ccc(S(=O)(=O)C2(C(=O)OC)CCN(C(=O)c3ccccc3)CC2)cc1. The van der Waals surface area contributed by atoms with Gasteiger partial charge in [-0.15, -0.1) is 5.92 Å². The number of hydrogen-bond acceptors (Lipinski definition) is 6. The van der Waals surface area contributed by atoms with Crippen molar-refractivity contribution < 1.29 is 27.5 Å². The fraction of sp³-hybridized carbons (Fsp3) is 0.333. The second-order valence-electron chi connectivity index (χ2n) is 7.33. The van der Waals surface area contributed by atoms with Crippen LogP contribution in [0, 0.1) is 11.8 Å². The Labute approximate surface area is 188 Å². The van der Waals surface area contributed by atoms with E-state index in [0.29, 0.717) is 11.3 Å². The first-order valence-electron chi connectivity index (χ1n) is 10.2. The summed E-state index contributed by atoms with van der Waals surface area (Å²) in [6.07, 6.45) is -0.101. The Morgan fingerprint density at radius 1 is 1.03 bits per heavy atom. The van der Waals surface area contributed by atoms with E-state index in [0.717, 1.165) is 0 Å². The Bertz CT molecular complexity index is 1120. The lowest BCUT2D eigenvalue weighted by molar-refractivity contribution is -0.145. The molecule has 0 unspecified atom stereocenters. The van der Waals surface area contributed by atoms with Crippen LogP contribution in [0.15, 0.2) is 59.5 Å². The number of methoxy groups -OCH3 is 1. The molecular formula is C24H25NO6S. The highest BCUT2D eigenvalue weighted by molar-refractivity contribution is 7.93. The quantitative estimate of drug-likeness (QED) is 0.492. The highest BCUT2D eigenvalue weighted by Crippen LogP contribution is 2.37. The fourth-order valence-electron chi connectivity index (χ4n) is 3.74. The monoisotopic (exact) mass is 455 g/mol. The second-order valence-corrected chi connectivity index (χ2v) is 9.59. The highest BCUT2D eigenvalue weighted by atomic mass is 32.2. The molecule has 3 rings (SSSR count). The molecule has 0 atom stereocenters. The summed E-state index contributed by atoms with van der Waals surface area (Å²) in [5.74, 6) is 4.94. The number of nitrogens with zero attached hydrogens (tertiary/aromatic N) is 1. The summed E-state index contributed by atoms with van der Waals surface area (Å²) >= 11 is 0. The smallest absolute Gasteiger partial charge is 0.327 e. The number of hydrogen-bond donors (Lipinski definition) is 0. The Kier molecular flexibility index (Phi) is 7.21. The Morgan fingerprint density at radius 3 is 2.22 bits per heavy atom. The Morgan fingerprint density at radius 2 is 1.66 bits per heavy atom. The van der Waals surface area contributed by atoms with Gasteiger partial charge >= 0.3 is 5.97 Å². The average Bonchev–Trinajstić information content (AvgIpc) is 2.84. The minimum atomic E-state index is -4.09. The third-order valence-corrected chi connectivity index (χ3v) is 8.07. The molecule has 0 saturated carbocycles. The molecule has 1 saturated heterocycles. The number of esters is 1. The summed E-state index contributed by atoms with van der Waals surface area (Å²) in [6.45, 7) is 2.14. The molecule has 0 aliphatic carbocycles. The van der Waals surface area contributed by atoms with Crippen LogP contribution in [0.4, 0.5) is 0 Å². The van der Waals surface area contributed by atoms with E-state index in [4.69, 9.17) is 9.47 Å². The van der Waals surface area contributed by atoms with Gasteiger partial charge in [-0.1, -0.05) is 24.1 Å². The van der Waals surface area contributed by atoms with Crippen molar-refractivity contribution in [2.24, 2.45) is 0 Å². The van der Waals surface area contributed by atoms with Crippen molar-refractivity contribution in [3.8, 4) is 17.6 Å². The van der Waals surface area contributed by atoms with Gasteiger partial charge in [0.15, 0.2) is 14.6 Å². The first-order chi connectivity index (χ1) is 15.4. The number of piperidine rings is 1. The van der Waals surface area contributed by atoms with Crippen molar-refractivity contribution in [3.63, 3.8) is 0 Å². The lowest BCUT2D eigenvalue weighted by atomic mass is 9.95. The van der Waals surface area contributed by atoms with Crippen LogP contribution < -0.4 is 4.74 Å². The summed E-state index contributed by atoms with van der Waals surface area (Å²) < 4.78 is 35.7. The molecule has 0 bridgehead atoms. The molecule has 0 radical (unpaired) electrons. The van der Waals surface area contributed by atoms with Crippen LogP contribution in [0.25, 0.3) is 0 Å². The predicted molar refractivity (Wildman–Crippen MR) is 119 cm³/mol. The van der Waals surface area contributed by atoms with Crippen LogP contribution in [0.5, 0.6) is 5.75 Å². The van der Waals surface area contributed by atoms with Gasteiger partial charge in [0.25, 0.3) is 5.91 Å². The second kappa shape index (κ2) is 9.88. The lowest BCUT2D eigenvalue weighted by Crippen LogP contribution is -2.55. The number of rotatable bonds is 6. The summed E-state index contributed by atoms with van der Waals surface area (Å²) in [4.78, 5) is 27.1. The zero-order chi connectivity index (χ0) is 23.2. The van der Waals surface area contributed by atoms with Crippen LogP contribution in [0.2, 0.25) is 0 Å². The summed E-state index contributed by atoms with van der Waals surface area (Å²) in [7, 11) is -2.91. The average molecular weight is 456 g/mol. The fourth-order valence-corrected chi connectivity index (χ4v) is 5.70. The van der Waals surface area contributed by atoms with Crippen molar-refractivity contribution in [2.75, 3.05) is 26.8 Å². The van der Waals surface area contributed by atoms with E-state index >= 15 is 0 Å². The van der Waals surface area contributed by atoms with Gasteiger partial charge < -0.3 is 14.4 Å². The molecule has 2 aromatic rings. The number of sulfone groups is 1. The first kappa shape index (κ1) is 23.4. The van der Waals surface area contributed by atoms with Gasteiger partial charge in [0.05, 0.1) is 12.0 Å². The van der Waals surface area contributed by atoms with E-state index in [-0.39, 0.29) is 43.3 Å². The molecule has 1 amide bonds. The van der Waals surface area contributed by atoms with E-state index in [9.17, 15) is 18.0 Å². The van der Waals surface area contributed by atoms with Crippen molar-refractivity contribution in [1.82, 2.24) is 4.90 Å². The van der Waals surface area contributed by atoms with Crippen molar-refractivity contribution >= 4 is 21.7 Å². The van der Waals surface area contributed by atoms with E-state index < -0.39 is 20.6 Å². The van der Waals surface area contributed by atoms with Crippen LogP contribution in [0.3, 0.4) is 0 Å². The molecular weight excluding hydrogens is 430 g/mol. The Balaban J connectivity index is 1.84. The molecule has 2 aromatic carbocycles. The third kappa shape index (κ3) is 4.48. The lowest BCUT2D eigenvalue weighted by Gasteiger charge is -2.39. The minimum Gasteiger partial charge on any atom is -0.481 e. The number of ether oxygens (including phenoxy) is 2. The van der Waals surface area contributed by atoms with Gasteiger partial charge in [-0.3, -0.25) is 9.59 Å². The number of benzene rings is 2. The highest BCUT2D eigenvalue weighted by Gasteiger charge is 2.54. The molecule has 1 aliphatic rings.